The molecular formula is C28H27ClN4O2S. The molecule has 3 heterocycles. The monoisotopic (exact) mass is 518 g/mol. The number of ketones is 1. The van der Waals surface area contributed by atoms with E-state index in [-0.39, 0.29) is 5.78 Å². The van der Waals surface area contributed by atoms with E-state index >= 15 is 0 Å². The average molecular weight is 519 g/mol. The van der Waals surface area contributed by atoms with Gasteiger partial charge >= 0.3 is 0 Å². The van der Waals surface area contributed by atoms with Gasteiger partial charge in [0.25, 0.3) is 0 Å². The molecule has 8 heteroatoms. The van der Waals surface area contributed by atoms with Crippen LogP contribution in [0.1, 0.15) is 44.9 Å². The summed E-state index contributed by atoms with van der Waals surface area (Å²) in [7, 11) is 1.90. The van der Waals surface area contributed by atoms with Gasteiger partial charge in [0.2, 0.25) is 0 Å². The Morgan fingerprint density at radius 3 is 2.53 bits per heavy atom. The van der Waals surface area contributed by atoms with E-state index < -0.39 is 11.7 Å². The van der Waals surface area contributed by atoms with Crippen molar-refractivity contribution < 1.29 is 9.53 Å². The molecule has 0 bridgehead atoms. The topological polar surface area (TPSA) is 69.9 Å². The smallest absolute Gasteiger partial charge is 0.163 e. The van der Waals surface area contributed by atoms with Crippen molar-refractivity contribution in [2.24, 2.45) is 7.05 Å². The highest BCUT2D eigenvalue weighted by molar-refractivity contribution is 7.22. The number of nitrogens with zero attached hydrogens (tertiary/aromatic N) is 4. The number of halogens is 1. The molecule has 0 fully saturated rings. The Bertz CT molecular complexity index is 1610. The van der Waals surface area contributed by atoms with Crippen LogP contribution < -0.4 is 0 Å². The van der Waals surface area contributed by atoms with Crippen molar-refractivity contribution in [3.8, 4) is 21.8 Å². The van der Waals surface area contributed by atoms with Crippen LogP contribution in [0.2, 0.25) is 5.02 Å². The van der Waals surface area contributed by atoms with E-state index in [1.54, 1.807) is 22.9 Å². The van der Waals surface area contributed by atoms with Gasteiger partial charge in [-0.1, -0.05) is 23.7 Å². The maximum absolute atomic E-state index is 12.9. The number of benzene rings is 2. The minimum absolute atomic E-state index is 0.0453. The van der Waals surface area contributed by atoms with Gasteiger partial charge in [-0.25, -0.2) is 4.98 Å². The van der Waals surface area contributed by atoms with Gasteiger partial charge in [0.15, 0.2) is 5.78 Å². The number of thiazole rings is 1. The Hall–Kier alpha value is -3.13. The highest BCUT2D eigenvalue weighted by Crippen LogP contribution is 2.44. The predicted molar refractivity (Wildman–Crippen MR) is 147 cm³/mol. The second kappa shape index (κ2) is 9.07. The molecule has 5 rings (SSSR count). The van der Waals surface area contributed by atoms with E-state index in [0.717, 1.165) is 54.1 Å². The zero-order valence-electron chi connectivity index (χ0n) is 21.1. The fraction of sp³-hybridized carbons (Fsp3) is 0.286. The number of aromatic nitrogens is 4. The second-order valence-electron chi connectivity index (χ2n) is 9.97. The third kappa shape index (κ3) is 4.54. The van der Waals surface area contributed by atoms with Crippen LogP contribution in [0.15, 0.2) is 48.8 Å². The number of ether oxygens (including phenoxy) is 1. The van der Waals surface area contributed by atoms with Crippen LogP contribution in [-0.2, 0) is 16.6 Å². The molecule has 0 aliphatic heterocycles. The number of carbonyl (C=O) groups is 1. The molecule has 0 spiro atoms. The van der Waals surface area contributed by atoms with Crippen LogP contribution in [0.3, 0.4) is 0 Å². The van der Waals surface area contributed by atoms with Crippen molar-refractivity contribution in [2.75, 3.05) is 0 Å². The molecule has 0 saturated heterocycles. The van der Waals surface area contributed by atoms with Crippen LogP contribution in [0.25, 0.3) is 42.9 Å². The van der Waals surface area contributed by atoms with Gasteiger partial charge in [-0.05, 0) is 70.0 Å². The molecule has 0 aliphatic rings. The molecule has 0 aliphatic carbocycles. The van der Waals surface area contributed by atoms with Gasteiger partial charge in [0.1, 0.15) is 11.1 Å². The van der Waals surface area contributed by atoms with Crippen molar-refractivity contribution >= 4 is 49.8 Å². The van der Waals surface area contributed by atoms with Crippen LogP contribution in [-0.4, -0.2) is 31.1 Å². The maximum Gasteiger partial charge on any atom is 0.163 e. The Kier molecular flexibility index (Phi) is 6.19. The zero-order chi connectivity index (χ0) is 25.8. The molecule has 1 atom stereocenters. The molecule has 5 aromatic rings. The summed E-state index contributed by atoms with van der Waals surface area (Å²) >= 11 is 7.78. The number of carbonyl (C=O) groups excluding carboxylic acids is 1. The SMILES string of the molecule is CC(=O)[C@@H](OC(C)(C)C)c1c(C)cc2nc(-c3cc4cnn(C)c4cn3)sc2c1-c1ccc(Cl)cc1. The molecule has 0 amide bonds. The average Bonchev–Trinajstić information content (AvgIpc) is 3.40. The number of Topliss-reactive ketones (excluding diaryl/α,β-unsaturated/α-hetero) is 1. The Labute approximate surface area is 218 Å². The van der Waals surface area contributed by atoms with Crippen LogP contribution in [0.4, 0.5) is 0 Å². The first-order chi connectivity index (χ1) is 17.0. The van der Waals surface area contributed by atoms with Crippen molar-refractivity contribution in [1.82, 2.24) is 19.7 Å². The summed E-state index contributed by atoms with van der Waals surface area (Å²) in [5.41, 5.74) is 5.80. The standard InChI is InChI=1S/C28H27ClN4O2S/c1-15-11-20-26(36-27(32-20)21-12-18-13-31-33(6)22(18)14-30-21)24(17-7-9-19(29)10-8-17)23(15)25(16(2)34)35-28(3,4)5/h7-14,25H,1-6H3/t25-/m1/s1. The number of fused-ring (bicyclic) bond motifs is 2. The van der Waals surface area contributed by atoms with E-state index in [9.17, 15) is 4.79 Å². The Morgan fingerprint density at radius 2 is 1.86 bits per heavy atom. The fourth-order valence-electron chi connectivity index (χ4n) is 4.43. The molecule has 3 aromatic heterocycles. The van der Waals surface area contributed by atoms with E-state index in [2.05, 4.69) is 10.1 Å². The second-order valence-corrected chi connectivity index (χ2v) is 11.4. The number of hydrogen-bond acceptors (Lipinski definition) is 6. The lowest BCUT2D eigenvalue weighted by molar-refractivity contribution is -0.138. The Balaban J connectivity index is 1.78. The van der Waals surface area contributed by atoms with E-state index in [0.29, 0.717) is 5.02 Å². The lowest BCUT2D eigenvalue weighted by Gasteiger charge is -2.29. The first-order valence-corrected chi connectivity index (χ1v) is 12.9. The number of rotatable bonds is 5. The van der Waals surface area contributed by atoms with Gasteiger partial charge in [-0.2, -0.15) is 5.10 Å². The zero-order valence-corrected chi connectivity index (χ0v) is 22.7. The normalized spacial score (nSPS) is 13.0. The van der Waals surface area contributed by atoms with Crippen LogP contribution in [0.5, 0.6) is 0 Å². The summed E-state index contributed by atoms with van der Waals surface area (Å²) in [4.78, 5) is 22.5. The van der Waals surface area contributed by atoms with E-state index in [1.165, 1.54) is 0 Å². The van der Waals surface area contributed by atoms with Crippen molar-refractivity contribution in [1.29, 1.82) is 0 Å². The first kappa shape index (κ1) is 24.6. The molecular weight excluding hydrogens is 492 g/mol. The molecule has 36 heavy (non-hydrogen) atoms. The third-order valence-electron chi connectivity index (χ3n) is 6.02. The van der Waals surface area contributed by atoms with Crippen LogP contribution in [0, 0.1) is 6.92 Å². The van der Waals surface area contributed by atoms with Crippen molar-refractivity contribution in [2.45, 2.75) is 46.3 Å². The lowest BCUT2D eigenvalue weighted by atomic mass is 9.90. The number of aryl methyl sites for hydroxylation is 2. The molecule has 0 saturated carbocycles. The minimum atomic E-state index is -0.713. The quantitative estimate of drug-likeness (QED) is 0.244. The molecule has 2 aromatic carbocycles. The fourth-order valence-corrected chi connectivity index (χ4v) is 5.64. The molecule has 0 N–H and O–H groups in total. The summed E-state index contributed by atoms with van der Waals surface area (Å²) in [6.45, 7) is 9.48. The summed E-state index contributed by atoms with van der Waals surface area (Å²) in [6, 6.07) is 11.7. The maximum atomic E-state index is 12.9. The van der Waals surface area contributed by atoms with Crippen molar-refractivity contribution in [3.05, 3.63) is 64.9 Å². The van der Waals surface area contributed by atoms with E-state index in [1.807, 2.05) is 83.5 Å². The number of hydrogen-bond donors (Lipinski definition) is 0. The first-order valence-electron chi connectivity index (χ1n) is 11.7. The summed E-state index contributed by atoms with van der Waals surface area (Å²) in [6.07, 6.45) is 2.94. The van der Waals surface area contributed by atoms with Gasteiger partial charge in [-0.15, -0.1) is 11.3 Å². The van der Waals surface area contributed by atoms with Crippen molar-refractivity contribution in [3.63, 3.8) is 0 Å². The van der Waals surface area contributed by atoms with Crippen LogP contribution >= 0.6 is 22.9 Å². The van der Waals surface area contributed by atoms with Gasteiger partial charge in [0, 0.05) is 28.6 Å². The van der Waals surface area contributed by atoms with E-state index in [4.69, 9.17) is 21.3 Å². The largest absolute Gasteiger partial charge is 0.360 e. The summed E-state index contributed by atoms with van der Waals surface area (Å²) in [5.74, 6) is -0.0453. The highest BCUT2D eigenvalue weighted by Gasteiger charge is 2.30. The van der Waals surface area contributed by atoms with Gasteiger partial charge < -0.3 is 4.74 Å². The minimum Gasteiger partial charge on any atom is -0.360 e. The number of pyridine rings is 1. The predicted octanol–water partition coefficient (Wildman–Crippen LogP) is 7.32. The Morgan fingerprint density at radius 1 is 1.14 bits per heavy atom. The summed E-state index contributed by atoms with van der Waals surface area (Å²) in [5, 5.41) is 6.79. The molecule has 6 nitrogen and oxygen atoms in total. The van der Waals surface area contributed by atoms with Gasteiger partial charge in [-0.3, -0.25) is 14.5 Å². The summed E-state index contributed by atoms with van der Waals surface area (Å²) < 4.78 is 9.11. The lowest BCUT2D eigenvalue weighted by Crippen LogP contribution is -2.27. The molecule has 184 valence electrons. The third-order valence-corrected chi connectivity index (χ3v) is 7.38. The molecule has 0 radical (unpaired) electrons. The van der Waals surface area contributed by atoms with Gasteiger partial charge in [0.05, 0.1) is 39.4 Å². The highest BCUT2D eigenvalue weighted by atomic mass is 35.5. The molecule has 0 unspecified atom stereocenters.